The molecule has 0 radical (unpaired) electrons. The average Bonchev–Trinajstić information content (AvgIpc) is 3.42. The number of aromatic nitrogens is 4. The van der Waals surface area contributed by atoms with Crippen molar-refractivity contribution in [2.24, 2.45) is 16.6 Å². The summed E-state index contributed by atoms with van der Waals surface area (Å²) in [5, 5.41) is 3.06. The molecule has 0 spiro atoms. The van der Waals surface area contributed by atoms with Gasteiger partial charge in [-0.05, 0) is 43.1 Å². The third-order valence-electron chi connectivity index (χ3n) is 7.33. The summed E-state index contributed by atoms with van der Waals surface area (Å²) >= 11 is 1.39. The topological polar surface area (TPSA) is 169 Å². The van der Waals surface area contributed by atoms with Crippen molar-refractivity contribution >= 4 is 50.1 Å². The van der Waals surface area contributed by atoms with E-state index >= 15 is 4.39 Å². The number of carbonyl (C=O) groups is 1. The number of anilines is 2. The molecule has 2 aromatic carbocycles. The van der Waals surface area contributed by atoms with Crippen molar-refractivity contribution in [3.05, 3.63) is 95.7 Å². The lowest BCUT2D eigenvalue weighted by Crippen LogP contribution is -2.40. The number of ether oxygens (including phenoxy) is 1. The van der Waals surface area contributed by atoms with Crippen molar-refractivity contribution in [3.63, 3.8) is 0 Å². The minimum absolute atomic E-state index is 0.0737. The number of aryl methyl sites for hydroxylation is 1. The number of rotatable bonds is 6. The highest BCUT2D eigenvalue weighted by Gasteiger charge is 2.52. The van der Waals surface area contributed by atoms with Crippen LogP contribution in [0.25, 0.3) is 0 Å². The Morgan fingerprint density at radius 3 is 2.48 bits per heavy atom. The summed E-state index contributed by atoms with van der Waals surface area (Å²) in [4.78, 5) is 35.7. The number of hydrogen-bond donors (Lipinski definition) is 3. The predicted molar refractivity (Wildman–Crippen MR) is 174 cm³/mol. The Hall–Kier alpha value is -4.67. The summed E-state index contributed by atoms with van der Waals surface area (Å²) in [6.45, 7) is 2.64. The highest BCUT2D eigenvalue weighted by atomic mass is 32.2. The van der Waals surface area contributed by atoms with Crippen LogP contribution in [0.5, 0.6) is 5.88 Å². The van der Waals surface area contributed by atoms with Crippen LogP contribution in [0.2, 0.25) is 0 Å². The van der Waals surface area contributed by atoms with E-state index in [2.05, 4.69) is 31.1 Å². The first kappa shape index (κ1) is 32.7. The first-order chi connectivity index (χ1) is 21.9. The van der Waals surface area contributed by atoms with Crippen LogP contribution in [0.4, 0.5) is 20.4 Å². The van der Waals surface area contributed by atoms with E-state index in [9.17, 15) is 13.4 Å². The second-order valence-corrected chi connectivity index (χ2v) is 13.3. The van der Waals surface area contributed by atoms with E-state index in [4.69, 9.17) is 20.0 Å². The van der Waals surface area contributed by atoms with Crippen LogP contribution in [0.3, 0.4) is 0 Å². The minimum atomic E-state index is -3.02. The zero-order valence-electron chi connectivity index (χ0n) is 24.8. The number of amidine groups is 1. The molecule has 6 rings (SSSR count). The first-order valence-electron chi connectivity index (χ1n) is 13.7. The predicted octanol–water partition coefficient (Wildman–Crippen LogP) is 3.74. The maximum Gasteiger partial charge on any atom is 0.275 e. The fourth-order valence-corrected chi connectivity index (χ4v) is 6.58. The number of nitrogens with two attached hydrogens (primary N) is 1. The Morgan fingerprint density at radius 1 is 1.13 bits per heavy atom. The Labute approximate surface area is 268 Å². The monoisotopic (exact) mass is 668 g/mol. The maximum absolute atomic E-state index is 15.3. The number of amides is 1. The fraction of sp³-hybridized carbons (Fsp3) is 0.233. The lowest BCUT2D eigenvalue weighted by atomic mass is 9.81. The minimum Gasteiger partial charge on any atom is -0.480 e. The summed E-state index contributed by atoms with van der Waals surface area (Å²) in [6.07, 6.45) is 4.79. The maximum atomic E-state index is 15.3. The highest BCUT2D eigenvalue weighted by molar-refractivity contribution is 8.13. The molecule has 240 valence electrons. The number of methoxy groups -OCH3 is 1. The SMILES string of the molecule is C=S(=O)(O)c1ccc(C)cc1.COc1cnc(C(=O)Nc2ccc(F)c([C@]34CN(c5ncc(F)cn5)C[C@H]3CSC(N)=N4)c2)cn1. The van der Waals surface area contributed by atoms with Gasteiger partial charge in [-0.1, -0.05) is 29.5 Å². The smallest absolute Gasteiger partial charge is 0.275 e. The zero-order chi connectivity index (χ0) is 33.1. The Kier molecular flexibility index (Phi) is 9.50. The molecule has 2 aromatic heterocycles. The van der Waals surface area contributed by atoms with Crippen molar-refractivity contribution in [1.29, 1.82) is 0 Å². The standard InChI is InChI=1S/C22H20F2N8O2S.C8H10O2S/c1-34-18-8-26-17(7-27-18)19(33)30-14-2-3-16(24)15(4-14)22-11-32(21-28-5-13(23)6-29-21)9-12(22)10-35-20(25)31-22;1-7-3-5-8(6-4-7)11(2,9)10/h2-8,12H,9-11H2,1H3,(H2,25,31)(H,30,33);3-6H,2H2,1H3,(H,9,10)/t12-,22-;/m0./s1. The van der Waals surface area contributed by atoms with Gasteiger partial charge < -0.3 is 25.2 Å². The van der Waals surface area contributed by atoms with Gasteiger partial charge in [0.05, 0.1) is 43.3 Å². The van der Waals surface area contributed by atoms with E-state index < -0.39 is 32.9 Å². The van der Waals surface area contributed by atoms with Crippen LogP contribution in [-0.4, -0.2) is 71.6 Å². The number of nitrogens with zero attached hydrogens (tertiary/aromatic N) is 6. The summed E-state index contributed by atoms with van der Waals surface area (Å²) in [5.74, 6) is 2.68. The van der Waals surface area contributed by atoms with E-state index in [0.717, 1.165) is 18.0 Å². The molecule has 0 bridgehead atoms. The number of aliphatic imine (C=N–C) groups is 1. The van der Waals surface area contributed by atoms with Crippen LogP contribution in [0, 0.1) is 24.5 Å². The molecule has 4 heterocycles. The van der Waals surface area contributed by atoms with E-state index in [1.165, 1.54) is 43.4 Å². The third kappa shape index (κ3) is 7.24. The summed E-state index contributed by atoms with van der Waals surface area (Å²) in [6, 6.07) is 11.1. The van der Waals surface area contributed by atoms with E-state index in [1.807, 2.05) is 11.8 Å². The Morgan fingerprint density at radius 2 is 1.85 bits per heavy atom. The van der Waals surface area contributed by atoms with Gasteiger partial charge in [0.15, 0.2) is 11.0 Å². The number of thioether (sulfide) groups is 1. The van der Waals surface area contributed by atoms with Gasteiger partial charge in [0.25, 0.3) is 5.91 Å². The second kappa shape index (κ2) is 13.4. The molecular weight excluding hydrogens is 639 g/mol. The van der Waals surface area contributed by atoms with Gasteiger partial charge in [0.2, 0.25) is 11.8 Å². The molecule has 0 saturated carbocycles. The number of benzene rings is 2. The van der Waals surface area contributed by atoms with Crippen LogP contribution in [0.15, 0.2) is 77.1 Å². The molecule has 1 saturated heterocycles. The fourth-order valence-electron chi connectivity index (χ4n) is 5.04. The molecule has 4 aromatic rings. The summed E-state index contributed by atoms with van der Waals surface area (Å²) in [7, 11) is -1.57. The van der Waals surface area contributed by atoms with Crippen molar-refractivity contribution < 1.29 is 27.1 Å². The number of nitrogens with one attached hydrogen (secondary N) is 1. The number of fused-ring (bicyclic) bond motifs is 1. The molecule has 1 fully saturated rings. The molecule has 1 unspecified atom stereocenters. The van der Waals surface area contributed by atoms with Crippen LogP contribution in [0.1, 0.15) is 21.6 Å². The normalized spacial score (nSPS) is 20.0. The molecule has 2 aliphatic heterocycles. The zero-order valence-corrected chi connectivity index (χ0v) is 26.4. The molecule has 1 amide bonds. The van der Waals surface area contributed by atoms with Crippen LogP contribution in [-0.2, 0) is 15.3 Å². The summed E-state index contributed by atoms with van der Waals surface area (Å²) in [5.41, 5.74) is 6.84. The Bertz CT molecular complexity index is 1860. The van der Waals surface area contributed by atoms with E-state index in [1.54, 1.807) is 30.3 Å². The lowest BCUT2D eigenvalue weighted by molar-refractivity contribution is 0.102. The molecule has 2 aliphatic rings. The molecule has 46 heavy (non-hydrogen) atoms. The number of halogens is 2. The molecular formula is C30H30F2N8O4S2. The van der Waals surface area contributed by atoms with Gasteiger partial charge in [-0.25, -0.2) is 37.9 Å². The van der Waals surface area contributed by atoms with E-state index in [-0.39, 0.29) is 29.6 Å². The quantitative estimate of drug-likeness (QED) is 0.256. The van der Waals surface area contributed by atoms with Gasteiger partial charge in [0, 0.05) is 29.5 Å². The van der Waals surface area contributed by atoms with E-state index in [0.29, 0.717) is 34.0 Å². The third-order valence-corrected chi connectivity index (χ3v) is 9.29. The number of hydrogen-bond acceptors (Lipinski definition) is 11. The molecule has 4 N–H and O–H groups in total. The lowest BCUT2D eigenvalue weighted by Gasteiger charge is -2.35. The number of carbonyl (C=O) groups excluding carboxylic acids is 1. The molecule has 12 nitrogen and oxygen atoms in total. The van der Waals surface area contributed by atoms with Gasteiger partial charge in [-0.15, -0.1) is 0 Å². The van der Waals surface area contributed by atoms with Gasteiger partial charge in [-0.3, -0.25) is 4.79 Å². The second-order valence-electron chi connectivity index (χ2n) is 10.5. The van der Waals surface area contributed by atoms with Gasteiger partial charge in [-0.2, -0.15) is 0 Å². The van der Waals surface area contributed by atoms with Gasteiger partial charge >= 0.3 is 0 Å². The van der Waals surface area contributed by atoms with Crippen molar-refractivity contribution in [1.82, 2.24) is 19.9 Å². The molecule has 16 heteroatoms. The summed E-state index contributed by atoms with van der Waals surface area (Å²) < 4.78 is 53.5. The van der Waals surface area contributed by atoms with Crippen molar-refractivity contribution in [2.45, 2.75) is 17.4 Å². The van der Waals surface area contributed by atoms with Gasteiger partial charge in [0.1, 0.15) is 26.9 Å². The molecule has 0 aliphatic carbocycles. The largest absolute Gasteiger partial charge is 0.480 e. The highest BCUT2D eigenvalue weighted by Crippen LogP contribution is 2.47. The van der Waals surface area contributed by atoms with Crippen LogP contribution >= 0.6 is 11.8 Å². The molecule has 3 atom stereocenters. The average molecular weight is 669 g/mol. The Balaban J connectivity index is 0.000000322. The van der Waals surface area contributed by atoms with Crippen LogP contribution < -0.4 is 20.7 Å². The first-order valence-corrected chi connectivity index (χ1v) is 16.4. The van der Waals surface area contributed by atoms with Crippen molar-refractivity contribution in [3.8, 4) is 5.88 Å². The van der Waals surface area contributed by atoms with Crippen molar-refractivity contribution in [2.75, 3.05) is 36.2 Å².